The number of rotatable bonds is 6. The Morgan fingerprint density at radius 2 is 1.67 bits per heavy atom. The summed E-state index contributed by atoms with van der Waals surface area (Å²) in [6.45, 7) is 0. The fourth-order valence-corrected chi connectivity index (χ4v) is 2.02. The molecule has 1 amide bonds. The first kappa shape index (κ1) is 17.3. The molecule has 0 unspecified atom stereocenters. The normalized spacial score (nSPS) is 10.5. The third-order valence-corrected chi connectivity index (χ3v) is 3.22. The van der Waals surface area contributed by atoms with Crippen LogP contribution in [0.1, 0.15) is 15.9 Å². The van der Waals surface area contributed by atoms with Crippen molar-refractivity contribution in [3.05, 3.63) is 53.3 Å². The van der Waals surface area contributed by atoms with Crippen LogP contribution in [-0.2, 0) is 0 Å². The van der Waals surface area contributed by atoms with E-state index in [1.54, 1.807) is 18.2 Å². The zero-order valence-corrected chi connectivity index (χ0v) is 13.5. The predicted molar refractivity (Wildman–Crippen MR) is 87.6 cm³/mol. The van der Waals surface area contributed by atoms with Gasteiger partial charge in [-0.25, -0.2) is 9.82 Å². The van der Waals surface area contributed by atoms with Gasteiger partial charge < -0.3 is 14.2 Å². The molecule has 1 N–H and O–H groups in total. The third-order valence-electron chi connectivity index (χ3n) is 3.22. The molecular weight excluding hydrogens is 315 g/mol. The van der Waals surface area contributed by atoms with Crippen molar-refractivity contribution in [2.75, 3.05) is 21.3 Å². The minimum Gasteiger partial charge on any atom is -0.496 e. The van der Waals surface area contributed by atoms with Gasteiger partial charge in [0.1, 0.15) is 11.6 Å². The van der Waals surface area contributed by atoms with Gasteiger partial charge >= 0.3 is 0 Å². The van der Waals surface area contributed by atoms with E-state index in [4.69, 9.17) is 14.2 Å². The first-order valence-electron chi connectivity index (χ1n) is 6.98. The van der Waals surface area contributed by atoms with Crippen LogP contribution in [0.4, 0.5) is 4.39 Å². The van der Waals surface area contributed by atoms with Crippen LogP contribution < -0.4 is 19.6 Å². The van der Waals surface area contributed by atoms with E-state index in [0.29, 0.717) is 22.8 Å². The lowest BCUT2D eigenvalue weighted by Gasteiger charge is -2.11. The number of halogens is 1. The molecule has 0 bridgehead atoms. The first-order valence-corrected chi connectivity index (χ1v) is 6.98. The number of carbonyl (C=O) groups excluding carboxylic acids is 1. The van der Waals surface area contributed by atoms with Crippen molar-refractivity contribution in [2.45, 2.75) is 0 Å². The highest BCUT2D eigenvalue weighted by Gasteiger charge is 2.12. The number of hydrogen-bond donors (Lipinski definition) is 1. The van der Waals surface area contributed by atoms with Crippen molar-refractivity contribution in [1.29, 1.82) is 0 Å². The molecular formula is C17H17FN2O4. The Kier molecular flexibility index (Phi) is 5.73. The summed E-state index contributed by atoms with van der Waals surface area (Å²) in [4.78, 5) is 11.9. The van der Waals surface area contributed by atoms with E-state index in [-0.39, 0.29) is 5.56 Å². The van der Waals surface area contributed by atoms with Gasteiger partial charge in [-0.3, -0.25) is 4.79 Å². The molecule has 2 aromatic carbocycles. The molecule has 7 heteroatoms. The molecule has 0 aliphatic heterocycles. The molecule has 0 spiro atoms. The summed E-state index contributed by atoms with van der Waals surface area (Å²) in [6.07, 6.45) is 1.37. The Bertz CT molecular complexity index is 762. The molecule has 126 valence electrons. The van der Waals surface area contributed by atoms with Gasteiger partial charge in [-0.15, -0.1) is 0 Å². The van der Waals surface area contributed by atoms with Gasteiger partial charge in [0.2, 0.25) is 0 Å². The predicted octanol–water partition coefficient (Wildman–Crippen LogP) is 2.62. The zero-order valence-electron chi connectivity index (χ0n) is 13.5. The molecule has 0 atom stereocenters. The lowest BCUT2D eigenvalue weighted by atomic mass is 10.2. The number of methoxy groups -OCH3 is 3. The largest absolute Gasteiger partial charge is 0.496 e. The second-order valence-electron chi connectivity index (χ2n) is 4.63. The van der Waals surface area contributed by atoms with Crippen molar-refractivity contribution >= 4 is 12.1 Å². The minimum absolute atomic E-state index is 0.0890. The number of benzene rings is 2. The molecule has 0 fully saturated rings. The van der Waals surface area contributed by atoms with Crippen LogP contribution in [0.25, 0.3) is 0 Å². The number of hydrogen-bond acceptors (Lipinski definition) is 5. The molecule has 0 aliphatic carbocycles. The average Bonchev–Trinajstić information content (AvgIpc) is 2.61. The molecule has 0 radical (unpaired) electrons. The monoisotopic (exact) mass is 332 g/mol. The molecule has 24 heavy (non-hydrogen) atoms. The SMILES string of the molecule is COc1cc(OC)c(OC)cc1/C=N/NC(=O)c1ccccc1F. The first-order chi connectivity index (χ1) is 11.6. The summed E-state index contributed by atoms with van der Waals surface area (Å²) < 4.78 is 29.2. The Morgan fingerprint density at radius 1 is 1.04 bits per heavy atom. The lowest BCUT2D eigenvalue weighted by molar-refractivity contribution is 0.0951. The fourth-order valence-electron chi connectivity index (χ4n) is 2.02. The van der Waals surface area contributed by atoms with E-state index in [1.807, 2.05) is 0 Å². The molecule has 0 saturated heterocycles. The van der Waals surface area contributed by atoms with E-state index in [9.17, 15) is 9.18 Å². The Labute approximate surface area is 138 Å². The van der Waals surface area contributed by atoms with Gasteiger partial charge in [0, 0.05) is 11.6 Å². The topological polar surface area (TPSA) is 69.2 Å². The number of amides is 1. The maximum atomic E-state index is 13.5. The maximum absolute atomic E-state index is 13.5. The zero-order chi connectivity index (χ0) is 17.5. The van der Waals surface area contributed by atoms with Gasteiger partial charge in [0.25, 0.3) is 5.91 Å². The highest BCUT2D eigenvalue weighted by molar-refractivity contribution is 5.95. The fraction of sp³-hybridized carbons (Fsp3) is 0.176. The highest BCUT2D eigenvalue weighted by atomic mass is 19.1. The summed E-state index contributed by atoms with van der Waals surface area (Å²) in [7, 11) is 4.52. The van der Waals surface area contributed by atoms with Crippen molar-refractivity contribution in [2.24, 2.45) is 5.10 Å². The van der Waals surface area contributed by atoms with E-state index in [1.165, 1.54) is 45.7 Å². The summed E-state index contributed by atoms with van der Waals surface area (Å²) in [5.41, 5.74) is 2.74. The van der Waals surface area contributed by atoms with Gasteiger partial charge in [-0.05, 0) is 18.2 Å². The smallest absolute Gasteiger partial charge is 0.274 e. The highest BCUT2D eigenvalue weighted by Crippen LogP contribution is 2.33. The lowest BCUT2D eigenvalue weighted by Crippen LogP contribution is -2.19. The molecule has 0 heterocycles. The minimum atomic E-state index is -0.649. The quantitative estimate of drug-likeness (QED) is 0.652. The van der Waals surface area contributed by atoms with Crippen LogP contribution in [0.15, 0.2) is 41.5 Å². The summed E-state index contributed by atoms with van der Waals surface area (Å²) in [6, 6.07) is 8.94. The molecule has 2 rings (SSSR count). The van der Waals surface area contributed by atoms with Crippen molar-refractivity contribution in [3.8, 4) is 17.2 Å². The number of carbonyl (C=O) groups is 1. The van der Waals surface area contributed by atoms with Crippen LogP contribution in [-0.4, -0.2) is 33.5 Å². The molecule has 0 saturated carbocycles. The van der Waals surface area contributed by atoms with Gasteiger partial charge in [0.05, 0.1) is 33.1 Å². The summed E-state index contributed by atoms with van der Waals surface area (Å²) >= 11 is 0. The van der Waals surface area contributed by atoms with E-state index in [2.05, 4.69) is 10.5 Å². The van der Waals surface area contributed by atoms with Gasteiger partial charge in [0.15, 0.2) is 11.5 Å². The second-order valence-corrected chi connectivity index (χ2v) is 4.63. The van der Waals surface area contributed by atoms with Crippen LogP contribution in [0.3, 0.4) is 0 Å². The van der Waals surface area contributed by atoms with Crippen LogP contribution >= 0.6 is 0 Å². The van der Waals surface area contributed by atoms with E-state index >= 15 is 0 Å². The molecule has 2 aromatic rings. The molecule has 0 aliphatic rings. The van der Waals surface area contributed by atoms with E-state index < -0.39 is 11.7 Å². The Hall–Kier alpha value is -3.09. The van der Waals surface area contributed by atoms with Crippen molar-refractivity contribution in [1.82, 2.24) is 5.43 Å². The van der Waals surface area contributed by atoms with Gasteiger partial charge in [-0.1, -0.05) is 12.1 Å². The average molecular weight is 332 g/mol. The summed E-state index contributed by atoms with van der Waals surface area (Å²) in [5, 5.41) is 3.83. The Morgan fingerprint density at radius 3 is 2.29 bits per heavy atom. The number of nitrogens with one attached hydrogen (secondary N) is 1. The van der Waals surface area contributed by atoms with Crippen molar-refractivity contribution in [3.63, 3.8) is 0 Å². The van der Waals surface area contributed by atoms with Gasteiger partial charge in [-0.2, -0.15) is 5.10 Å². The molecule has 6 nitrogen and oxygen atoms in total. The number of nitrogens with zero attached hydrogens (tertiary/aromatic N) is 1. The standard InChI is InChI=1S/C17H17FN2O4/c1-22-14-9-16(24-3)15(23-2)8-11(14)10-19-20-17(21)12-6-4-5-7-13(12)18/h4-10H,1-3H3,(H,20,21)/b19-10+. The van der Waals surface area contributed by atoms with Crippen LogP contribution in [0, 0.1) is 5.82 Å². The van der Waals surface area contributed by atoms with Crippen LogP contribution in [0.5, 0.6) is 17.2 Å². The third kappa shape index (κ3) is 3.81. The summed E-state index contributed by atoms with van der Waals surface area (Å²) in [5.74, 6) is 0.205. The molecule has 0 aromatic heterocycles. The number of hydrazone groups is 1. The van der Waals surface area contributed by atoms with E-state index in [0.717, 1.165) is 0 Å². The Balaban J connectivity index is 2.19. The number of ether oxygens (including phenoxy) is 3. The maximum Gasteiger partial charge on any atom is 0.274 e. The second kappa shape index (κ2) is 7.96. The van der Waals surface area contributed by atoms with Crippen molar-refractivity contribution < 1.29 is 23.4 Å². The van der Waals surface area contributed by atoms with Crippen LogP contribution in [0.2, 0.25) is 0 Å².